The van der Waals surface area contributed by atoms with E-state index >= 15 is 0 Å². The molecule has 0 aliphatic rings. The summed E-state index contributed by atoms with van der Waals surface area (Å²) in [5.41, 5.74) is -0.212. The van der Waals surface area contributed by atoms with Crippen molar-refractivity contribution in [2.75, 3.05) is 0 Å². The summed E-state index contributed by atoms with van der Waals surface area (Å²) in [5, 5.41) is 11.1. The van der Waals surface area contributed by atoms with Gasteiger partial charge in [0.2, 0.25) is 0 Å². The first-order valence-corrected chi connectivity index (χ1v) is 5.97. The zero-order chi connectivity index (χ0) is 13.1. The van der Waals surface area contributed by atoms with Crippen LogP contribution in [0.3, 0.4) is 0 Å². The maximum Gasteiger partial charge on any atom is 0.331 e. The second kappa shape index (κ2) is 5.32. The molecule has 0 bridgehead atoms. The number of aromatic nitrogens is 1. The summed E-state index contributed by atoms with van der Waals surface area (Å²) in [4.78, 5) is 14.1. The van der Waals surface area contributed by atoms with Gasteiger partial charge in [0.1, 0.15) is 5.75 Å². The third kappa shape index (κ3) is 2.77. The van der Waals surface area contributed by atoms with Gasteiger partial charge in [0.05, 0.1) is 9.95 Å². The minimum atomic E-state index is -0.560. The molecule has 1 aromatic carbocycles. The monoisotopic (exact) mass is 328 g/mol. The Balaban J connectivity index is 2.37. The molecule has 2 rings (SSSR count). The Bertz CT molecular complexity index is 607. The van der Waals surface area contributed by atoms with E-state index in [1.54, 1.807) is 18.2 Å². The van der Waals surface area contributed by atoms with E-state index in [9.17, 15) is 10.1 Å². The first-order valence-electron chi connectivity index (χ1n) is 4.80. The fourth-order valence-electron chi connectivity index (χ4n) is 1.26. The number of rotatable bonds is 3. The zero-order valence-electron chi connectivity index (χ0n) is 8.84. The van der Waals surface area contributed by atoms with Crippen LogP contribution in [0.25, 0.3) is 0 Å². The van der Waals surface area contributed by atoms with Gasteiger partial charge in [0.15, 0.2) is 0 Å². The standard InChI is InChI=1S/C11H6BrClN2O3/c12-7-3-4-10(8(13)6-7)18-11-9(15(16)17)2-1-5-14-11/h1-6H. The molecule has 0 N–H and O–H groups in total. The molecule has 0 spiro atoms. The number of pyridine rings is 1. The minimum Gasteiger partial charge on any atom is -0.432 e. The summed E-state index contributed by atoms with van der Waals surface area (Å²) in [5.74, 6) is 0.216. The lowest BCUT2D eigenvalue weighted by Crippen LogP contribution is -1.95. The van der Waals surface area contributed by atoms with E-state index in [0.29, 0.717) is 10.8 Å². The van der Waals surface area contributed by atoms with Crippen LogP contribution in [0.2, 0.25) is 5.02 Å². The number of hydrogen-bond donors (Lipinski definition) is 0. The predicted octanol–water partition coefficient (Wildman–Crippen LogP) is 4.20. The molecule has 2 aromatic rings. The topological polar surface area (TPSA) is 65.3 Å². The molecule has 18 heavy (non-hydrogen) atoms. The Morgan fingerprint density at radius 2 is 2.17 bits per heavy atom. The van der Waals surface area contributed by atoms with Crippen molar-refractivity contribution < 1.29 is 9.66 Å². The molecular weight excluding hydrogens is 323 g/mol. The smallest absolute Gasteiger partial charge is 0.331 e. The molecule has 0 amide bonds. The molecule has 0 atom stereocenters. The summed E-state index contributed by atoms with van der Waals surface area (Å²) in [6.07, 6.45) is 1.41. The number of halogens is 2. The molecule has 0 radical (unpaired) electrons. The lowest BCUT2D eigenvalue weighted by molar-refractivity contribution is -0.386. The molecule has 92 valence electrons. The van der Waals surface area contributed by atoms with Crippen molar-refractivity contribution in [1.82, 2.24) is 4.98 Å². The van der Waals surface area contributed by atoms with Crippen LogP contribution in [0.4, 0.5) is 5.69 Å². The molecule has 1 heterocycles. The second-order valence-corrected chi connectivity index (χ2v) is 4.58. The first kappa shape index (κ1) is 12.8. The Hall–Kier alpha value is -1.66. The lowest BCUT2D eigenvalue weighted by atomic mass is 10.3. The Kier molecular flexibility index (Phi) is 3.78. The molecule has 1 aromatic heterocycles. The van der Waals surface area contributed by atoms with Crippen molar-refractivity contribution in [3.8, 4) is 11.6 Å². The Labute approximate surface area is 116 Å². The van der Waals surface area contributed by atoms with Gasteiger partial charge >= 0.3 is 5.69 Å². The fraction of sp³-hybridized carbons (Fsp3) is 0. The molecular formula is C11H6BrClN2O3. The Morgan fingerprint density at radius 3 is 2.83 bits per heavy atom. The SMILES string of the molecule is O=[N+]([O-])c1cccnc1Oc1ccc(Br)cc1Cl. The number of benzene rings is 1. The van der Waals surface area contributed by atoms with Gasteiger partial charge < -0.3 is 4.74 Å². The normalized spacial score (nSPS) is 10.1. The van der Waals surface area contributed by atoms with E-state index in [0.717, 1.165) is 4.47 Å². The number of nitrogens with zero attached hydrogens (tertiary/aromatic N) is 2. The van der Waals surface area contributed by atoms with Crippen molar-refractivity contribution in [2.45, 2.75) is 0 Å². The van der Waals surface area contributed by atoms with E-state index < -0.39 is 4.92 Å². The van der Waals surface area contributed by atoms with Crippen LogP contribution in [0, 0.1) is 10.1 Å². The number of ether oxygens (including phenoxy) is 1. The van der Waals surface area contributed by atoms with Gasteiger partial charge in [-0.3, -0.25) is 10.1 Å². The zero-order valence-corrected chi connectivity index (χ0v) is 11.2. The largest absolute Gasteiger partial charge is 0.432 e. The summed E-state index contributed by atoms with van der Waals surface area (Å²) in [6, 6.07) is 7.73. The molecule has 0 unspecified atom stereocenters. The van der Waals surface area contributed by atoms with Crippen molar-refractivity contribution in [2.24, 2.45) is 0 Å². The average Bonchev–Trinajstić information content (AvgIpc) is 2.33. The van der Waals surface area contributed by atoms with E-state index in [4.69, 9.17) is 16.3 Å². The highest BCUT2D eigenvalue weighted by Crippen LogP contribution is 2.34. The molecule has 7 heteroatoms. The predicted molar refractivity (Wildman–Crippen MR) is 70.1 cm³/mol. The van der Waals surface area contributed by atoms with E-state index in [1.807, 2.05) is 0 Å². The lowest BCUT2D eigenvalue weighted by Gasteiger charge is -2.06. The van der Waals surface area contributed by atoms with Gasteiger partial charge in [-0.05, 0) is 24.3 Å². The summed E-state index contributed by atoms with van der Waals surface area (Å²) >= 11 is 9.21. The highest BCUT2D eigenvalue weighted by atomic mass is 79.9. The average molecular weight is 330 g/mol. The van der Waals surface area contributed by atoms with Gasteiger partial charge in [-0.25, -0.2) is 4.98 Å². The van der Waals surface area contributed by atoms with Crippen molar-refractivity contribution in [3.05, 3.63) is 56.1 Å². The third-order valence-corrected chi connectivity index (χ3v) is 2.84. The van der Waals surface area contributed by atoms with Crippen LogP contribution in [0.15, 0.2) is 41.0 Å². The second-order valence-electron chi connectivity index (χ2n) is 3.26. The van der Waals surface area contributed by atoms with Crippen LogP contribution in [-0.4, -0.2) is 9.91 Å². The minimum absolute atomic E-state index is 0.0910. The summed E-state index contributed by atoms with van der Waals surface area (Å²) in [6.45, 7) is 0. The summed E-state index contributed by atoms with van der Waals surface area (Å²) in [7, 11) is 0. The number of nitro groups is 1. The fourth-order valence-corrected chi connectivity index (χ4v) is 1.97. The van der Waals surface area contributed by atoms with Gasteiger partial charge in [-0.1, -0.05) is 27.5 Å². The van der Waals surface area contributed by atoms with E-state index in [-0.39, 0.29) is 11.6 Å². The highest BCUT2D eigenvalue weighted by Gasteiger charge is 2.17. The third-order valence-electron chi connectivity index (χ3n) is 2.05. The Morgan fingerprint density at radius 1 is 1.39 bits per heavy atom. The molecule has 0 saturated heterocycles. The maximum atomic E-state index is 10.8. The van der Waals surface area contributed by atoms with Gasteiger partial charge in [-0.2, -0.15) is 0 Å². The van der Waals surface area contributed by atoms with Gasteiger partial charge in [-0.15, -0.1) is 0 Å². The van der Waals surface area contributed by atoms with Crippen LogP contribution < -0.4 is 4.74 Å². The van der Waals surface area contributed by atoms with Crippen LogP contribution in [0.1, 0.15) is 0 Å². The van der Waals surface area contributed by atoms with Crippen LogP contribution in [-0.2, 0) is 0 Å². The summed E-state index contributed by atoms with van der Waals surface area (Å²) < 4.78 is 6.14. The van der Waals surface area contributed by atoms with Crippen LogP contribution in [0.5, 0.6) is 11.6 Å². The van der Waals surface area contributed by atoms with Crippen LogP contribution >= 0.6 is 27.5 Å². The molecule has 0 fully saturated rings. The maximum absolute atomic E-state index is 10.8. The molecule has 0 saturated carbocycles. The molecule has 0 aliphatic carbocycles. The highest BCUT2D eigenvalue weighted by molar-refractivity contribution is 9.10. The molecule has 0 aliphatic heterocycles. The quantitative estimate of drug-likeness (QED) is 0.625. The van der Waals surface area contributed by atoms with E-state index in [1.165, 1.54) is 18.3 Å². The van der Waals surface area contributed by atoms with Gasteiger partial charge in [0, 0.05) is 16.7 Å². The first-order chi connectivity index (χ1) is 8.58. The van der Waals surface area contributed by atoms with Crippen molar-refractivity contribution in [1.29, 1.82) is 0 Å². The number of hydrogen-bond acceptors (Lipinski definition) is 4. The van der Waals surface area contributed by atoms with Gasteiger partial charge in [0.25, 0.3) is 5.88 Å². The van der Waals surface area contributed by atoms with Crippen molar-refractivity contribution in [3.63, 3.8) is 0 Å². The molecule has 5 nitrogen and oxygen atoms in total. The van der Waals surface area contributed by atoms with E-state index in [2.05, 4.69) is 20.9 Å². The van der Waals surface area contributed by atoms with Crippen molar-refractivity contribution >= 4 is 33.2 Å².